The second-order valence-corrected chi connectivity index (χ2v) is 8.10. The first-order chi connectivity index (χ1) is 15.2. The largest absolute Gasteiger partial charge is 0.493 e. The van der Waals surface area contributed by atoms with Crippen LogP contribution in [-0.2, 0) is 10.9 Å². The van der Waals surface area contributed by atoms with Crippen molar-refractivity contribution in [2.75, 3.05) is 25.1 Å². The number of anilines is 1. The zero-order chi connectivity index (χ0) is 22.5. The van der Waals surface area contributed by atoms with Crippen molar-refractivity contribution in [3.05, 3.63) is 47.7 Å². The summed E-state index contributed by atoms with van der Waals surface area (Å²) in [6.07, 6.45) is -2.67. The van der Waals surface area contributed by atoms with Crippen LogP contribution < -0.4 is 10.1 Å². The number of halogens is 4. The van der Waals surface area contributed by atoms with Crippen LogP contribution in [0.15, 0.2) is 30.6 Å². The molecule has 170 valence electrons. The minimum absolute atomic E-state index is 0.0301. The van der Waals surface area contributed by atoms with Crippen molar-refractivity contribution in [2.45, 2.75) is 30.7 Å². The van der Waals surface area contributed by atoms with Crippen molar-refractivity contribution in [3.63, 3.8) is 0 Å². The van der Waals surface area contributed by atoms with Gasteiger partial charge in [0.25, 0.3) is 0 Å². The Morgan fingerprint density at radius 1 is 1.16 bits per heavy atom. The molecule has 0 aliphatic carbocycles. The first kappa shape index (κ1) is 21.0. The molecule has 0 saturated carbocycles. The Morgan fingerprint density at radius 2 is 1.94 bits per heavy atom. The molecule has 2 aliphatic heterocycles. The summed E-state index contributed by atoms with van der Waals surface area (Å²) in [7, 11) is 0. The van der Waals surface area contributed by atoms with Gasteiger partial charge in [0, 0.05) is 43.6 Å². The predicted molar refractivity (Wildman–Crippen MR) is 106 cm³/mol. The number of nitrogens with zero attached hydrogens (tertiary/aromatic N) is 2. The Morgan fingerprint density at radius 3 is 2.69 bits per heavy atom. The quantitative estimate of drug-likeness (QED) is 0.524. The van der Waals surface area contributed by atoms with Gasteiger partial charge in [-0.25, -0.2) is 14.4 Å². The van der Waals surface area contributed by atoms with E-state index in [1.807, 2.05) is 0 Å². The maximum atomic E-state index is 13.8. The molecule has 1 fully saturated rings. The van der Waals surface area contributed by atoms with Gasteiger partial charge in [-0.2, -0.15) is 13.2 Å². The number of H-pyrrole nitrogens is 1. The average molecular weight is 452 g/mol. The lowest BCUT2D eigenvalue weighted by Gasteiger charge is -2.45. The minimum atomic E-state index is -4.57. The zero-order valence-corrected chi connectivity index (χ0v) is 16.7. The molecular weight excluding hydrogens is 432 g/mol. The third kappa shape index (κ3) is 3.65. The van der Waals surface area contributed by atoms with Gasteiger partial charge >= 0.3 is 6.18 Å². The van der Waals surface area contributed by atoms with Crippen molar-refractivity contribution in [1.82, 2.24) is 15.0 Å². The summed E-state index contributed by atoms with van der Waals surface area (Å²) < 4.78 is 64.6. The highest BCUT2D eigenvalue weighted by atomic mass is 19.4. The summed E-state index contributed by atoms with van der Waals surface area (Å²) in [6, 6.07) is 4.43. The minimum Gasteiger partial charge on any atom is -0.493 e. The van der Waals surface area contributed by atoms with E-state index in [0.29, 0.717) is 37.4 Å². The van der Waals surface area contributed by atoms with Crippen LogP contribution in [0.3, 0.4) is 0 Å². The fourth-order valence-electron chi connectivity index (χ4n) is 4.48. The topological polar surface area (TPSA) is 92.3 Å². The lowest BCUT2D eigenvalue weighted by Crippen LogP contribution is -2.51. The summed E-state index contributed by atoms with van der Waals surface area (Å²) in [6.45, 7) is 0.848. The van der Waals surface area contributed by atoms with E-state index in [-0.39, 0.29) is 23.5 Å². The maximum absolute atomic E-state index is 13.8. The molecule has 0 amide bonds. The molecule has 0 radical (unpaired) electrons. The molecule has 11 heteroatoms. The van der Waals surface area contributed by atoms with E-state index >= 15 is 0 Å². The molecule has 1 saturated heterocycles. The Balaban J connectivity index is 1.58. The van der Waals surface area contributed by atoms with E-state index in [2.05, 4.69) is 20.3 Å². The van der Waals surface area contributed by atoms with E-state index in [1.54, 1.807) is 6.07 Å². The second kappa shape index (κ2) is 7.59. The van der Waals surface area contributed by atoms with Crippen LogP contribution >= 0.6 is 0 Å². The number of aromatic nitrogens is 3. The highest BCUT2D eigenvalue weighted by Gasteiger charge is 2.46. The molecular formula is C21H20F4N4O3. The number of hydrogen-bond donors (Lipinski definition) is 3. The van der Waals surface area contributed by atoms with Crippen LogP contribution in [0.2, 0.25) is 0 Å². The molecule has 0 spiro atoms. The average Bonchev–Trinajstić information content (AvgIpc) is 3.20. The van der Waals surface area contributed by atoms with Crippen LogP contribution in [0.1, 0.15) is 30.1 Å². The lowest BCUT2D eigenvalue weighted by molar-refractivity contribution is -0.140. The van der Waals surface area contributed by atoms with Crippen molar-refractivity contribution in [2.24, 2.45) is 5.92 Å². The number of aliphatic hydroxyl groups is 1. The maximum Gasteiger partial charge on any atom is 0.431 e. The van der Waals surface area contributed by atoms with Crippen molar-refractivity contribution < 1.29 is 32.1 Å². The third-order valence-electron chi connectivity index (χ3n) is 6.20. The molecule has 1 aromatic carbocycles. The summed E-state index contributed by atoms with van der Waals surface area (Å²) >= 11 is 0. The van der Waals surface area contributed by atoms with Gasteiger partial charge in [0.1, 0.15) is 35.1 Å². The Labute approximate surface area is 179 Å². The van der Waals surface area contributed by atoms with E-state index in [9.17, 15) is 22.7 Å². The monoisotopic (exact) mass is 452 g/mol. The van der Waals surface area contributed by atoms with Crippen LogP contribution in [-0.4, -0.2) is 45.5 Å². The number of aromatic amines is 1. The van der Waals surface area contributed by atoms with Gasteiger partial charge < -0.3 is 24.9 Å². The van der Waals surface area contributed by atoms with E-state index in [0.717, 1.165) is 12.4 Å². The molecule has 0 bridgehead atoms. The summed E-state index contributed by atoms with van der Waals surface area (Å²) in [4.78, 5) is 10.3. The van der Waals surface area contributed by atoms with E-state index in [4.69, 9.17) is 9.47 Å². The number of rotatable bonds is 3. The van der Waals surface area contributed by atoms with Crippen LogP contribution in [0.5, 0.6) is 5.75 Å². The smallest absolute Gasteiger partial charge is 0.431 e. The molecule has 2 aromatic heterocycles. The van der Waals surface area contributed by atoms with Gasteiger partial charge in [0.05, 0.1) is 23.6 Å². The van der Waals surface area contributed by atoms with Crippen molar-refractivity contribution in [1.29, 1.82) is 0 Å². The number of fused-ring (bicyclic) bond motifs is 2. The molecule has 3 N–H and O–H groups in total. The Hall–Kier alpha value is -2.92. The predicted octanol–water partition coefficient (Wildman–Crippen LogP) is 3.82. The molecule has 5 rings (SSSR count). The fraction of sp³-hybridized carbons (Fsp3) is 0.429. The van der Waals surface area contributed by atoms with Crippen LogP contribution in [0.25, 0.3) is 11.0 Å². The third-order valence-corrected chi connectivity index (χ3v) is 6.20. The molecule has 4 heterocycles. The molecule has 2 unspecified atom stereocenters. The molecule has 32 heavy (non-hydrogen) atoms. The number of alkyl halides is 3. The van der Waals surface area contributed by atoms with Gasteiger partial charge in [-0.15, -0.1) is 0 Å². The fourth-order valence-corrected chi connectivity index (χ4v) is 4.48. The zero-order valence-electron chi connectivity index (χ0n) is 16.7. The van der Waals surface area contributed by atoms with Gasteiger partial charge in [-0.1, -0.05) is 6.07 Å². The lowest BCUT2D eigenvalue weighted by atomic mass is 9.74. The standard InChI is InChI=1S/C21H20F4N4O3/c22-11-1-2-12-15(7-11)32-9-14(20(30)3-5-31-6-4-20)17(12)29-19-13-8-16(21(23,24)25)28-18(13)26-10-27-19/h1-2,7-8,10,14,17,30H,3-6,9H2,(H2,26,27,28,29). The summed E-state index contributed by atoms with van der Waals surface area (Å²) in [5.41, 5.74) is -1.46. The number of hydrogen-bond acceptors (Lipinski definition) is 6. The summed E-state index contributed by atoms with van der Waals surface area (Å²) in [5.74, 6) is -0.472. The normalized spacial score (nSPS) is 22.9. The second-order valence-electron chi connectivity index (χ2n) is 8.10. The number of ether oxygens (including phenoxy) is 2. The summed E-state index contributed by atoms with van der Waals surface area (Å²) in [5, 5.41) is 14.7. The number of nitrogens with one attached hydrogen (secondary N) is 2. The van der Waals surface area contributed by atoms with Gasteiger partial charge in [-0.3, -0.25) is 0 Å². The Bertz CT molecular complexity index is 1140. The van der Waals surface area contributed by atoms with Crippen LogP contribution in [0.4, 0.5) is 23.4 Å². The van der Waals surface area contributed by atoms with Gasteiger partial charge in [-0.05, 0) is 12.1 Å². The van der Waals surface area contributed by atoms with Gasteiger partial charge in [0.15, 0.2) is 0 Å². The Kier molecular flexibility index (Phi) is 4.97. The van der Waals surface area contributed by atoms with E-state index < -0.39 is 35.2 Å². The van der Waals surface area contributed by atoms with Crippen molar-refractivity contribution >= 4 is 16.9 Å². The molecule has 3 aromatic rings. The SMILES string of the molecule is OC1(C2COc3cc(F)ccc3C2Nc2ncnc3[nH]c(C(F)(F)F)cc23)CCOCC1. The van der Waals surface area contributed by atoms with Crippen LogP contribution in [0, 0.1) is 11.7 Å². The molecule has 7 nitrogen and oxygen atoms in total. The molecule has 2 aliphatic rings. The van der Waals surface area contributed by atoms with Crippen molar-refractivity contribution in [3.8, 4) is 5.75 Å². The first-order valence-electron chi connectivity index (χ1n) is 10.1. The highest BCUT2D eigenvalue weighted by molar-refractivity contribution is 5.88. The van der Waals surface area contributed by atoms with Gasteiger partial charge in [0.2, 0.25) is 0 Å². The van der Waals surface area contributed by atoms with E-state index in [1.165, 1.54) is 12.1 Å². The number of benzene rings is 1. The highest BCUT2D eigenvalue weighted by Crippen LogP contribution is 2.46. The first-order valence-corrected chi connectivity index (χ1v) is 10.1. The molecule has 2 atom stereocenters.